The van der Waals surface area contributed by atoms with E-state index in [4.69, 9.17) is 58.9 Å². The van der Waals surface area contributed by atoms with Crippen molar-refractivity contribution in [1.82, 2.24) is 0 Å². The maximum Gasteiger partial charge on any atom is 0.207 e. The van der Waals surface area contributed by atoms with E-state index in [9.17, 15) is 51.1 Å². The molecule has 536 valence electrons. The lowest BCUT2D eigenvalue weighted by Gasteiger charge is -2.14. The average Bonchev–Trinajstić information content (AvgIpc) is 3.60. The zero-order valence-corrected chi connectivity index (χ0v) is 56.2. The van der Waals surface area contributed by atoms with Gasteiger partial charge in [-0.2, -0.15) is 0 Å². The first-order valence-electron chi connectivity index (χ1n) is 34.9. The second-order valence-electron chi connectivity index (χ2n) is 23.1. The van der Waals surface area contributed by atoms with Crippen molar-refractivity contribution in [1.29, 1.82) is 0 Å². The Bertz CT molecular complexity index is 2000. The van der Waals surface area contributed by atoms with Crippen LogP contribution in [0, 0.1) is 71.7 Å². The molecule has 0 aliphatic carbocycles. The zero-order chi connectivity index (χ0) is 68.0. The number of ether oxygens (including phenoxy) is 10. The molecule has 0 rings (SSSR count). The number of rotatable bonds is 69. The molecule has 0 saturated carbocycles. The van der Waals surface area contributed by atoms with Crippen LogP contribution in [0.5, 0.6) is 0 Å². The van der Waals surface area contributed by atoms with Crippen molar-refractivity contribution in [2.45, 2.75) is 320 Å². The first-order chi connectivity index (χ1) is 45.4. The van der Waals surface area contributed by atoms with Gasteiger partial charge < -0.3 is 104 Å². The lowest BCUT2D eigenvalue weighted by atomic mass is 10.2. The van der Waals surface area contributed by atoms with Crippen LogP contribution in [0.25, 0.3) is 0 Å². The Morgan fingerprint density at radius 2 is 0.376 bits per heavy atom. The normalized spacial score (nSPS) is 14.3. The topological polar surface area (TPSA) is 315 Å². The highest BCUT2D eigenvalue weighted by Crippen LogP contribution is 2.16. The minimum Gasteiger partial charge on any atom is -0.414 e. The van der Waals surface area contributed by atoms with Gasteiger partial charge in [0.2, 0.25) is 6.29 Å². The molecule has 10 unspecified atom stereocenters. The summed E-state index contributed by atoms with van der Waals surface area (Å²) in [5.74, 6) is 24.1. The van der Waals surface area contributed by atoms with Crippen LogP contribution in [0.15, 0.2) is 0 Å². The summed E-state index contributed by atoms with van der Waals surface area (Å²) in [4.78, 5) is 0. The van der Waals surface area contributed by atoms with E-state index in [1.54, 1.807) is 0 Å². The Morgan fingerprint density at radius 3 is 0.570 bits per heavy atom. The Hall–Kier alpha value is -3.64. The third kappa shape index (κ3) is 71.0. The standard InChI is InChI=1S/C72H122O21/c1-2-3-4-5-6-7-8-9-10-32-53-84-64(75)43-22-12-34-55-86-66(77)45-24-14-36-57-88-68(79)47-26-16-38-59-90-70(81)49-28-18-40-61-92-72(83)51-30-20-41-62-93-71(82)50-29-19-39-60-91-69(80)48-27-17-37-58-89-67(78)46-25-15-35-56-87-65(76)44-23-13-33-54-85-63(74)42-21-11-31-52-73/h1,63-83H,11-31,33-52,54-62H2. The molecule has 10 atom stereocenters. The molecule has 0 aromatic heterocycles. The molecule has 0 aliphatic rings. The van der Waals surface area contributed by atoms with Crippen LogP contribution in [-0.2, 0) is 47.4 Å². The molecule has 93 heavy (non-hydrogen) atoms. The van der Waals surface area contributed by atoms with Gasteiger partial charge in [-0.3, -0.25) is 0 Å². The summed E-state index contributed by atoms with van der Waals surface area (Å²) in [5, 5.41) is 110. The van der Waals surface area contributed by atoms with Crippen LogP contribution >= 0.6 is 0 Å². The fourth-order valence-corrected chi connectivity index (χ4v) is 9.15. The Balaban J connectivity index is 3.54. The van der Waals surface area contributed by atoms with E-state index >= 15 is 0 Å². The fourth-order valence-electron chi connectivity index (χ4n) is 9.15. The summed E-state index contributed by atoms with van der Waals surface area (Å²) in [6.45, 7) is 4.17. The van der Waals surface area contributed by atoms with E-state index in [0.29, 0.717) is 130 Å². The van der Waals surface area contributed by atoms with Gasteiger partial charge >= 0.3 is 0 Å². The van der Waals surface area contributed by atoms with E-state index in [2.05, 4.69) is 65.3 Å². The third-order valence-electron chi connectivity index (χ3n) is 14.6. The minimum absolute atomic E-state index is 0.174. The van der Waals surface area contributed by atoms with Crippen molar-refractivity contribution in [3.05, 3.63) is 0 Å². The Kier molecular flexibility index (Phi) is 68.4. The summed E-state index contributed by atoms with van der Waals surface area (Å²) in [5.41, 5.74) is 0. The van der Waals surface area contributed by atoms with E-state index in [0.717, 1.165) is 186 Å². The molecule has 0 fully saturated rings. The van der Waals surface area contributed by atoms with Crippen LogP contribution in [0.1, 0.15) is 257 Å². The van der Waals surface area contributed by atoms with Gasteiger partial charge in [0.05, 0.1) is 0 Å². The average molecular weight is 1320 g/mol. The lowest BCUT2D eigenvalue weighted by Crippen LogP contribution is -2.15. The Morgan fingerprint density at radius 1 is 0.204 bits per heavy atom. The van der Waals surface area contributed by atoms with Gasteiger partial charge in [0.1, 0.15) is 6.11 Å². The van der Waals surface area contributed by atoms with Crippen LogP contribution in [0.3, 0.4) is 0 Å². The van der Waals surface area contributed by atoms with Crippen molar-refractivity contribution in [2.75, 3.05) is 66.1 Å². The summed E-state index contributed by atoms with van der Waals surface area (Å²) in [6, 6.07) is 0. The van der Waals surface area contributed by atoms with Gasteiger partial charge in [0, 0.05) is 102 Å². The molecule has 0 aromatic carbocycles. The first kappa shape index (κ1) is 89.4. The molecule has 0 aliphatic heterocycles. The van der Waals surface area contributed by atoms with Crippen LogP contribution in [0.4, 0.5) is 0 Å². The van der Waals surface area contributed by atoms with E-state index in [-0.39, 0.29) is 6.61 Å². The van der Waals surface area contributed by atoms with Crippen molar-refractivity contribution < 1.29 is 104 Å². The van der Waals surface area contributed by atoms with Crippen molar-refractivity contribution >= 4 is 0 Å². The maximum absolute atomic E-state index is 10.2. The highest BCUT2D eigenvalue weighted by atomic mass is 16.6. The second-order valence-corrected chi connectivity index (χ2v) is 23.1. The van der Waals surface area contributed by atoms with E-state index in [1.807, 2.05) is 0 Å². The number of unbranched alkanes of at least 4 members (excludes halogenated alkanes) is 20. The molecule has 21 heteroatoms. The first-order valence-corrected chi connectivity index (χ1v) is 34.9. The molecule has 0 heterocycles. The number of aliphatic hydroxyl groups excluding tert-OH is 11. The van der Waals surface area contributed by atoms with Crippen molar-refractivity contribution in [3.8, 4) is 71.7 Å². The van der Waals surface area contributed by atoms with Gasteiger partial charge in [0.25, 0.3) is 0 Å². The summed E-state index contributed by atoms with van der Waals surface area (Å²) in [6.07, 6.45) is 28.2. The quantitative estimate of drug-likeness (QED) is 0.0154. The largest absolute Gasteiger partial charge is 0.414 e. The molecule has 0 saturated heterocycles. The van der Waals surface area contributed by atoms with Crippen LogP contribution < -0.4 is 0 Å². The lowest BCUT2D eigenvalue weighted by molar-refractivity contribution is -0.113. The van der Waals surface area contributed by atoms with Crippen LogP contribution in [0.2, 0.25) is 0 Å². The summed E-state index contributed by atoms with van der Waals surface area (Å²) >= 11 is 0. The molecular weight excluding hydrogens is 1200 g/mol. The number of aliphatic hydroxyl groups is 11. The van der Waals surface area contributed by atoms with Gasteiger partial charge in [0.15, 0.2) is 56.6 Å². The number of hydrogen-bond donors (Lipinski definition) is 11. The molecule has 21 nitrogen and oxygen atoms in total. The minimum atomic E-state index is -1.03. The SMILES string of the molecule is C#CC#CC#CC#CC#CC#COC(O)CCCCCOC(O)CCCCCOC(O)CCCCCOC(O)CCCCCOC(O)CCCCCOC(O)CCCCCOC(O)CCCCCOC(O)CCCCCOC(O)CCCCCOC(O)CCCCCO. The third-order valence-corrected chi connectivity index (χ3v) is 14.6. The smallest absolute Gasteiger partial charge is 0.207 e. The van der Waals surface area contributed by atoms with Gasteiger partial charge in [-0.05, 0) is 216 Å². The molecule has 0 bridgehead atoms. The number of hydrogen-bond acceptors (Lipinski definition) is 21. The molecule has 0 amide bonds. The molecule has 0 radical (unpaired) electrons. The molecule has 0 spiro atoms. The summed E-state index contributed by atoms with van der Waals surface area (Å²) in [7, 11) is 0. The number of terminal acetylenes is 1. The molecule has 11 N–H and O–H groups in total. The highest BCUT2D eigenvalue weighted by Gasteiger charge is 2.13. The van der Waals surface area contributed by atoms with Crippen molar-refractivity contribution in [2.24, 2.45) is 0 Å². The Labute approximate surface area is 559 Å². The molecular formula is C72H122O21. The molecule has 0 aromatic rings. The van der Waals surface area contributed by atoms with Crippen LogP contribution in [-0.4, -0.2) is 185 Å². The zero-order valence-electron chi connectivity index (χ0n) is 56.2. The van der Waals surface area contributed by atoms with Gasteiger partial charge in [-0.25, -0.2) is 0 Å². The van der Waals surface area contributed by atoms with Gasteiger partial charge in [-0.1, -0.05) is 64.2 Å². The van der Waals surface area contributed by atoms with Gasteiger partial charge in [-0.15, -0.1) is 6.42 Å². The fraction of sp³-hybridized carbons (Fsp3) is 0.833. The maximum atomic E-state index is 10.2. The van der Waals surface area contributed by atoms with E-state index in [1.165, 1.54) is 0 Å². The predicted molar refractivity (Wildman–Crippen MR) is 354 cm³/mol. The van der Waals surface area contributed by atoms with E-state index < -0.39 is 62.9 Å². The monoisotopic (exact) mass is 1320 g/mol. The van der Waals surface area contributed by atoms with Crippen molar-refractivity contribution in [3.63, 3.8) is 0 Å². The predicted octanol–water partition coefficient (Wildman–Crippen LogP) is 8.54. The second kappa shape index (κ2) is 71.1. The highest BCUT2D eigenvalue weighted by molar-refractivity contribution is 5.43. The summed E-state index contributed by atoms with van der Waals surface area (Å²) < 4.78 is 54.6.